The zero-order valence-corrected chi connectivity index (χ0v) is 15.5. The van der Waals surface area contributed by atoms with Gasteiger partial charge in [-0.2, -0.15) is 0 Å². The van der Waals surface area contributed by atoms with Crippen molar-refractivity contribution in [1.82, 2.24) is 0 Å². The fourth-order valence-electron chi connectivity index (χ4n) is 1.89. The highest BCUT2D eigenvalue weighted by Gasteiger charge is 1.96. The van der Waals surface area contributed by atoms with Gasteiger partial charge in [-0.25, -0.2) is 4.79 Å². The molecule has 0 bridgehead atoms. The first-order chi connectivity index (χ1) is 12.6. The second-order valence-electron chi connectivity index (χ2n) is 5.70. The molecule has 3 N–H and O–H groups in total. The molecule has 0 amide bonds. The van der Waals surface area contributed by atoms with Crippen LogP contribution in [0.4, 0.5) is 0 Å². The first-order valence-corrected chi connectivity index (χ1v) is 9.03. The van der Waals surface area contributed by atoms with Crippen molar-refractivity contribution >= 4 is 5.97 Å². The van der Waals surface area contributed by atoms with Crippen LogP contribution in [0.15, 0.2) is 60.8 Å². The largest absolute Gasteiger partial charge is 0.480 e. The van der Waals surface area contributed by atoms with Gasteiger partial charge in [-0.3, -0.25) is 0 Å². The summed E-state index contributed by atoms with van der Waals surface area (Å²) in [6, 6.07) is 0. The van der Waals surface area contributed by atoms with E-state index in [0.29, 0.717) is 19.4 Å². The van der Waals surface area contributed by atoms with Crippen molar-refractivity contribution in [2.45, 2.75) is 51.2 Å². The van der Waals surface area contributed by atoms with Gasteiger partial charge in [0.2, 0.25) is 0 Å². The van der Waals surface area contributed by atoms with Crippen LogP contribution in [-0.4, -0.2) is 46.7 Å². The lowest BCUT2D eigenvalue weighted by molar-refractivity contribution is -0.142. The van der Waals surface area contributed by atoms with Gasteiger partial charge in [-0.1, -0.05) is 67.7 Å². The number of carboxylic acid groups (broad SMARTS) is 1. The number of hydrogen-bond donors (Lipinski definition) is 3. The van der Waals surface area contributed by atoms with Gasteiger partial charge < -0.3 is 20.1 Å². The van der Waals surface area contributed by atoms with Crippen molar-refractivity contribution in [3.8, 4) is 0 Å². The van der Waals surface area contributed by atoms with Crippen LogP contribution in [0.1, 0.15) is 39.0 Å². The van der Waals surface area contributed by atoms with Crippen LogP contribution in [0.5, 0.6) is 0 Å². The molecule has 0 aliphatic rings. The van der Waals surface area contributed by atoms with E-state index in [1.165, 1.54) is 0 Å². The lowest BCUT2D eigenvalue weighted by Gasteiger charge is -2.00. The molecule has 5 nitrogen and oxygen atoms in total. The molecule has 26 heavy (non-hydrogen) atoms. The Bertz CT molecular complexity index is 489. The lowest BCUT2D eigenvalue weighted by Crippen LogP contribution is -2.07. The first kappa shape index (κ1) is 24.1. The van der Waals surface area contributed by atoms with Crippen molar-refractivity contribution in [3.63, 3.8) is 0 Å². The van der Waals surface area contributed by atoms with Gasteiger partial charge in [0.05, 0.1) is 12.2 Å². The summed E-state index contributed by atoms with van der Waals surface area (Å²) in [5.74, 6) is -0.958. The van der Waals surface area contributed by atoms with Crippen molar-refractivity contribution < 1.29 is 24.9 Å². The fourth-order valence-corrected chi connectivity index (χ4v) is 1.89. The molecule has 0 rings (SSSR count). The van der Waals surface area contributed by atoms with Gasteiger partial charge in [-0.05, 0) is 32.1 Å². The first-order valence-electron chi connectivity index (χ1n) is 9.03. The van der Waals surface area contributed by atoms with Crippen LogP contribution in [0.2, 0.25) is 0 Å². The highest BCUT2D eigenvalue weighted by Crippen LogP contribution is 2.00. The predicted octanol–water partition coefficient (Wildman–Crippen LogP) is 3.56. The molecule has 0 heterocycles. The number of rotatable bonds is 15. The molecular formula is C21H32O5. The van der Waals surface area contributed by atoms with Crippen molar-refractivity contribution in [2.24, 2.45) is 0 Å². The van der Waals surface area contributed by atoms with Crippen LogP contribution in [-0.2, 0) is 9.53 Å². The van der Waals surface area contributed by atoms with Gasteiger partial charge in [0, 0.05) is 6.61 Å². The Hall–Kier alpha value is -1.95. The minimum Gasteiger partial charge on any atom is -0.480 e. The van der Waals surface area contributed by atoms with E-state index in [-0.39, 0.29) is 6.61 Å². The van der Waals surface area contributed by atoms with E-state index in [1.807, 2.05) is 30.4 Å². The summed E-state index contributed by atoms with van der Waals surface area (Å²) >= 11 is 0. The van der Waals surface area contributed by atoms with Crippen molar-refractivity contribution in [1.29, 1.82) is 0 Å². The third kappa shape index (κ3) is 18.4. The summed E-state index contributed by atoms with van der Waals surface area (Å²) in [5, 5.41) is 27.9. The minimum atomic E-state index is -0.958. The number of allylic oxidation sites excluding steroid dienone is 6. The van der Waals surface area contributed by atoms with Gasteiger partial charge in [0.1, 0.15) is 6.61 Å². The molecule has 0 unspecified atom stereocenters. The molecule has 0 aromatic heterocycles. The molecule has 2 atom stereocenters. The molecule has 0 saturated carbocycles. The normalized spacial score (nSPS) is 15.2. The number of aliphatic hydroxyl groups is 2. The molecular weight excluding hydrogens is 332 g/mol. The van der Waals surface area contributed by atoms with Crippen LogP contribution in [0.3, 0.4) is 0 Å². The standard InChI is InChI=1S/C21H32O5/c1-2-3-8-13-19(22)14-9-4-5-10-15-20(23)16-11-6-7-12-17-26-18-21(24)25/h3-6,8-11,14-15,19-20,22-23H,2,7,12-13,16-18H2,1H3,(H,24,25)/b5-4+,8-3-,11-6-,14-9-,15-10+/t19-,20-/m0/s1. The molecule has 146 valence electrons. The average Bonchev–Trinajstić information content (AvgIpc) is 2.60. The van der Waals surface area contributed by atoms with Crippen molar-refractivity contribution in [2.75, 3.05) is 13.2 Å². The Morgan fingerprint density at radius 2 is 1.50 bits per heavy atom. The average molecular weight is 364 g/mol. The maximum absolute atomic E-state index is 10.2. The Labute approximate surface area is 156 Å². The lowest BCUT2D eigenvalue weighted by atomic mass is 10.2. The summed E-state index contributed by atoms with van der Waals surface area (Å²) in [4.78, 5) is 10.2. The maximum atomic E-state index is 10.2. The second-order valence-corrected chi connectivity index (χ2v) is 5.70. The number of ether oxygens (including phenoxy) is 1. The Morgan fingerprint density at radius 3 is 2.04 bits per heavy atom. The maximum Gasteiger partial charge on any atom is 0.329 e. The number of unbranched alkanes of at least 4 members (excludes halogenated alkanes) is 1. The van der Waals surface area contributed by atoms with Crippen LogP contribution in [0, 0.1) is 0 Å². The molecule has 5 heteroatoms. The molecule has 0 fully saturated rings. The highest BCUT2D eigenvalue weighted by molar-refractivity contribution is 5.67. The topological polar surface area (TPSA) is 87.0 Å². The monoisotopic (exact) mass is 364 g/mol. The zero-order valence-electron chi connectivity index (χ0n) is 15.5. The Morgan fingerprint density at radius 1 is 0.923 bits per heavy atom. The SMILES string of the molecule is CC/C=C\C[C@H](O)\C=C/C=C/C=C/[C@H](O)C/C=C\CCCOCC(=O)O. The van der Waals surface area contributed by atoms with Gasteiger partial charge in [-0.15, -0.1) is 0 Å². The van der Waals surface area contributed by atoms with E-state index in [1.54, 1.807) is 30.4 Å². The summed E-state index contributed by atoms with van der Waals surface area (Å²) in [7, 11) is 0. The Kier molecular flexibility index (Phi) is 16.5. The quantitative estimate of drug-likeness (QED) is 0.235. The van der Waals surface area contributed by atoms with E-state index < -0.39 is 18.2 Å². The predicted molar refractivity (Wildman–Crippen MR) is 105 cm³/mol. The molecule has 0 radical (unpaired) electrons. The van der Waals surface area contributed by atoms with Gasteiger partial charge in [0.25, 0.3) is 0 Å². The number of aliphatic carboxylic acids is 1. The van der Waals surface area contributed by atoms with Crippen molar-refractivity contribution in [3.05, 3.63) is 60.8 Å². The smallest absolute Gasteiger partial charge is 0.329 e. The summed E-state index contributed by atoms with van der Waals surface area (Å²) < 4.78 is 4.92. The van der Waals surface area contributed by atoms with Crippen LogP contribution < -0.4 is 0 Å². The van der Waals surface area contributed by atoms with Crippen LogP contribution in [0.25, 0.3) is 0 Å². The third-order valence-electron chi connectivity index (χ3n) is 3.21. The minimum absolute atomic E-state index is 0.259. The number of carbonyl (C=O) groups is 1. The number of aliphatic hydroxyl groups excluding tert-OH is 2. The number of hydrogen-bond acceptors (Lipinski definition) is 4. The molecule has 0 aromatic rings. The van der Waals surface area contributed by atoms with Crippen LogP contribution >= 0.6 is 0 Å². The van der Waals surface area contributed by atoms with Gasteiger partial charge >= 0.3 is 5.97 Å². The molecule has 0 aromatic carbocycles. The van der Waals surface area contributed by atoms with E-state index in [9.17, 15) is 15.0 Å². The molecule has 0 saturated heterocycles. The molecule has 0 aliphatic carbocycles. The summed E-state index contributed by atoms with van der Waals surface area (Å²) in [6.07, 6.45) is 21.1. The van der Waals surface area contributed by atoms with E-state index >= 15 is 0 Å². The highest BCUT2D eigenvalue weighted by atomic mass is 16.5. The zero-order chi connectivity index (χ0) is 19.5. The van der Waals surface area contributed by atoms with E-state index in [0.717, 1.165) is 19.3 Å². The van der Waals surface area contributed by atoms with E-state index in [4.69, 9.17) is 9.84 Å². The summed E-state index contributed by atoms with van der Waals surface area (Å²) in [5.41, 5.74) is 0. The molecule has 0 spiro atoms. The fraction of sp³-hybridized carbons (Fsp3) is 0.476. The second kappa shape index (κ2) is 17.9. The third-order valence-corrected chi connectivity index (χ3v) is 3.21. The molecule has 0 aliphatic heterocycles. The van der Waals surface area contributed by atoms with E-state index in [2.05, 4.69) is 6.92 Å². The van der Waals surface area contributed by atoms with Gasteiger partial charge in [0.15, 0.2) is 0 Å². The summed E-state index contributed by atoms with van der Waals surface area (Å²) in [6.45, 7) is 2.21. The number of carboxylic acids is 1. The Balaban J connectivity index is 3.78.